The van der Waals surface area contributed by atoms with Crippen molar-refractivity contribution in [2.24, 2.45) is 10.7 Å². The molecule has 1 rings (SSSR count). The first kappa shape index (κ1) is 11.3. The summed E-state index contributed by atoms with van der Waals surface area (Å²) >= 11 is 0. The topological polar surface area (TPSA) is 50.8 Å². The van der Waals surface area contributed by atoms with Gasteiger partial charge in [-0.3, -0.25) is 4.99 Å². The molecule has 1 fully saturated rings. The Morgan fingerprint density at radius 1 is 1.57 bits per heavy atom. The molecule has 0 aromatic heterocycles. The minimum absolute atomic E-state index is 0.348. The molecule has 0 aliphatic carbocycles. The van der Waals surface area contributed by atoms with Gasteiger partial charge < -0.3 is 15.4 Å². The Morgan fingerprint density at radius 3 is 2.86 bits per heavy atom. The zero-order valence-corrected chi connectivity index (χ0v) is 9.20. The van der Waals surface area contributed by atoms with Crippen molar-refractivity contribution in [2.75, 3.05) is 26.2 Å². The average Bonchev–Trinajstić information content (AvgIpc) is 2.66. The Bertz CT molecular complexity index is 188. The zero-order valence-electron chi connectivity index (χ0n) is 9.20. The minimum Gasteiger partial charge on any atom is -0.376 e. The Morgan fingerprint density at radius 2 is 2.36 bits per heavy atom. The van der Waals surface area contributed by atoms with E-state index in [1.54, 1.807) is 0 Å². The monoisotopic (exact) mass is 199 g/mol. The van der Waals surface area contributed by atoms with E-state index in [-0.39, 0.29) is 0 Å². The molecule has 1 aliphatic rings. The SMILES string of the molecule is CCN=C(N)N(CC)CC1CCCO1. The Kier molecular flexibility index (Phi) is 4.73. The fourth-order valence-electron chi connectivity index (χ4n) is 1.68. The van der Waals surface area contributed by atoms with Crippen molar-refractivity contribution in [1.29, 1.82) is 0 Å². The van der Waals surface area contributed by atoms with Gasteiger partial charge in [-0.1, -0.05) is 0 Å². The molecule has 0 bridgehead atoms. The first-order chi connectivity index (χ1) is 6.77. The van der Waals surface area contributed by atoms with Crippen molar-refractivity contribution in [3.8, 4) is 0 Å². The summed E-state index contributed by atoms with van der Waals surface area (Å²) in [4.78, 5) is 6.29. The molecule has 1 aliphatic heterocycles. The molecule has 1 unspecified atom stereocenters. The predicted octanol–water partition coefficient (Wildman–Crippen LogP) is 0.822. The van der Waals surface area contributed by atoms with Gasteiger partial charge >= 0.3 is 0 Å². The fraction of sp³-hybridized carbons (Fsp3) is 0.900. The van der Waals surface area contributed by atoms with Crippen LogP contribution in [0.3, 0.4) is 0 Å². The molecule has 0 saturated carbocycles. The van der Waals surface area contributed by atoms with Crippen molar-refractivity contribution in [3.63, 3.8) is 0 Å². The molecule has 4 nitrogen and oxygen atoms in total. The lowest BCUT2D eigenvalue weighted by molar-refractivity contribution is 0.0920. The van der Waals surface area contributed by atoms with E-state index in [2.05, 4.69) is 16.8 Å². The lowest BCUT2D eigenvalue weighted by Crippen LogP contribution is -2.41. The van der Waals surface area contributed by atoms with Gasteiger partial charge in [-0.05, 0) is 26.7 Å². The quantitative estimate of drug-likeness (QED) is 0.539. The molecule has 0 spiro atoms. The molecule has 14 heavy (non-hydrogen) atoms. The van der Waals surface area contributed by atoms with Gasteiger partial charge in [0.15, 0.2) is 5.96 Å². The van der Waals surface area contributed by atoms with Gasteiger partial charge in [-0.25, -0.2) is 0 Å². The molecule has 0 aromatic carbocycles. The summed E-state index contributed by atoms with van der Waals surface area (Å²) in [5.41, 5.74) is 5.84. The molecule has 0 aromatic rings. The number of likely N-dealkylation sites (N-methyl/N-ethyl adjacent to an activating group) is 1. The number of hydrogen-bond acceptors (Lipinski definition) is 2. The smallest absolute Gasteiger partial charge is 0.191 e. The van der Waals surface area contributed by atoms with E-state index in [0.717, 1.165) is 32.7 Å². The highest BCUT2D eigenvalue weighted by molar-refractivity contribution is 5.78. The number of rotatable bonds is 4. The van der Waals surface area contributed by atoms with Crippen LogP contribution in [0.4, 0.5) is 0 Å². The van der Waals surface area contributed by atoms with Crippen molar-refractivity contribution >= 4 is 5.96 Å². The third-order valence-electron chi connectivity index (χ3n) is 2.47. The molecular weight excluding hydrogens is 178 g/mol. The molecule has 1 saturated heterocycles. The first-order valence-corrected chi connectivity index (χ1v) is 5.44. The Labute approximate surface area is 86.1 Å². The maximum absolute atomic E-state index is 5.84. The molecule has 1 atom stereocenters. The van der Waals surface area contributed by atoms with Gasteiger partial charge in [-0.15, -0.1) is 0 Å². The number of guanidine groups is 1. The third-order valence-corrected chi connectivity index (χ3v) is 2.47. The van der Waals surface area contributed by atoms with Crippen LogP contribution in [0, 0.1) is 0 Å². The number of ether oxygens (including phenoxy) is 1. The van der Waals surface area contributed by atoms with Crippen molar-refractivity contribution in [2.45, 2.75) is 32.8 Å². The molecule has 0 amide bonds. The van der Waals surface area contributed by atoms with E-state index < -0.39 is 0 Å². The lowest BCUT2D eigenvalue weighted by Gasteiger charge is -2.24. The first-order valence-electron chi connectivity index (χ1n) is 5.44. The molecule has 2 N–H and O–H groups in total. The van der Waals surface area contributed by atoms with E-state index in [4.69, 9.17) is 10.5 Å². The third kappa shape index (κ3) is 3.18. The van der Waals surface area contributed by atoms with Gasteiger partial charge in [-0.2, -0.15) is 0 Å². The molecule has 0 radical (unpaired) electrons. The van der Waals surface area contributed by atoms with Gasteiger partial charge in [0.2, 0.25) is 0 Å². The zero-order chi connectivity index (χ0) is 10.4. The maximum Gasteiger partial charge on any atom is 0.191 e. The van der Waals surface area contributed by atoms with Gasteiger partial charge in [0.1, 0.15) is 0 Å². The summed E-state index contributed by atoms with van der Waals surface area (Å²) in [5.74, 6) is 0.644. The molecule has 1 heterocycles. The van der Waals surface area contributed by atoms with E-state index in [9.17, 15) is 0 Å². The van der Waals surface area contributed by atoms with Gasteiger partial charge in [0, 0.05) is 26.2 Å². The van der Waals surface area contributed by atoms with Gasteiger partial charge in [0.25, 0.3) is 0 Å². The van der Waals surface area contributed by atoms with Crippen LogP contribution in [-0.4, -0.2) is 43.2 Å². The average molecular weight is 199 g/mol. The van der Waals surface area contributed by atoms with E-state index in [1.807, 2.05) is 6.92 Å². The fourth-order valence-corrected chi connectivity index (χ4v) is 1.68. The van der Waals surface area contributed by atoms with E-state index >= 15 is 0 Å². The van der Waals surface area contributed by atoms with Crippen molar-refractivity contribution < 1.29 is 4.74 Å². The standard InChI is InChI=1S/C10H21N3O/c1-3-12-10(11)13(4-2)8-9-6-5-7-14-9/h9H,3-8H2,1-2H3,(H2,11,12). The number of nitrogens with two attached hydrogens (primary N) is 1. The number of aliphatic imine (C=N–C) groups is 1. The normalized spacial score (nSPS) is 22.7. The second kappa shape index (κ2) is 5.86. The lowest BCUT2D eigenvalue weighted by atomic mass is 10.2. The van der Waals surface area contributed by atoms with E-state index in [1.165, 1.54) is 6.42 Å². The summed E-state index contributed by atoms with van der Waals surface area (Å²) in [6, 6.07) is 0. The van der Waals surface area contributed by atoms with Crippen LogP contribution in [0.2, 0.25) is 0 Å². The van der Waals surface area contributed by atoms with Crippen molar-refractivity contribution in [1.82, 2.24) is 4.90 Å². The summed E-state index contributed by atoms with van der Waals surface area (Å²) in [6.07, 6.45) is 2.67. The molecule has 82 valence electrons. The van der Waals surface area contributed by atoms with Crippen LogP contribution < -0.4 is 5.73 Å². The van der Waals surface area contributed by atoms with Crippen LogP contribution in [0.25, 0.3) is 0 Å². The number of hydrogen-bond donors (Lipinski definition) is 1. The summed E-state index contributed by atoms with van der Waals surface area (Å²) in [5, 5.41) is 0. The van der Waals surface area contributed by atoms with Crippen LogP contribution in [-0.2, 0) is 4.74 Å². The summed E-state index contributed by atoms with van der Waals surface area (Å²) in [7, 11) is 0. The highest BCUT2D eigenvalue weighted by atomic mass is 16.5. The Balaban J connectivity index is 2.40. The van der Waals surface area contributed by atoms with E-state index in [0.29, 0.717) is 12.1 Å². The van der Waals surface area contributed by atoms with Crippen LogP contribution >= 0.6 is 0 Å². The predicted molar refractivity (Wildman–Crippen MR) is 58.4 cm³/mol. The molecular formula is C10H21N3O. The van der Waals surface area contributed by atoms with Crippen LogP contribution in [0.15, 0.2) is 4.99 Å². The van der Waals surface area contributed by atoms with Crippen LogP contribution in [0.5, 0.6) is 0 Å². The summed E-state index contributed by atoms with van der Waals surface area (Å²) in [6.45, 7) is 7.50. The Hall–Kier alpha value is -0.770. The van der Waals surface area contributed by atoms with Crippen molar-refractivity contribution in [3.05, 3.63) is 0 Å². The molecule has 4 heteroatoms. The van der Waals surface area contributed by atoms with Crippen LogP contribution in [0.1, 0.15) is 26.7 Å². The highest BCUT2D eigenvalue weighted by Gasteiger charge is 2.19. The second-order valence-corrected chi connectivity index (χ2v) is 3.51. The maximum atomic E-state index is 5.84. The van der Waals surface area contributed by atoms with Gasteiger partial charge in [0.05, 0.1) is 6.10 Å². The highest BCUT2D eigenvalue weighted by Crippen LogP contribution is 2.12. The largest absolute Gasteiger partial charge is 0.376 e. The summed E-state index contributed by atoms with van der Waals surface area (Å²) < 4.78 is 5.56. The number of nitrogens with zero attached hydrogens (tertiary/aromatic N) is 2. The minimum atomic E-state index is 0.348. The second-order valence-electron chi connectivity index (χ2n) is 3.51.